The topological polar surface area (TPSA) is 62.6 Å². The first kappa shape index (κ1) is 18.1. The molecule has 0 aliphatic heterocycles. The molecule has 0 spiro atoms. The molecule has 3 N–H and O–H groups in total. The van der Waals surface area contributed by atoms with Gasteiger partial charge in [0.2, 0.25) is 0 Å². The average Bonchev–Trinajstić information content (AvgIpc) is 3.41. The highest BCUT2D eigenvalue weighted by Crippen LogP contribution is 2.21. The zero-order valence-electron chi connectivity index (χ0n) is 15.3. The molecule has 0 aromatic heterocycles. The Morgan fingerprint density at radius 1 is 1.08 bits per heavy atom. The van der Waals surface area contributed by atoms with Gasteiger partial charge in [0.25, 0.3) is 11.8 Å². The molecule has 5 heteroatoms. The maximum Gasteiger partial charge on any atom is 0.279 e. The number of anilines is 1. The van der Waals surface area contributed by atoms with Gasteiger partial charge in [0.05, 0.1) is 18.3 Å². The summed E-state index contributed by atoms with van der Waals surface area (Å²) in [6, 6.07) is 15.7. The zero-order valence-corrected chi connectivity index (χ0v) is 15.3. The second kappa shape index (κ2) is 8.15. The Morgan fingerprint density at radius 2 is 1.77 bits per heavy atom. The fraction of sp³-hybridized carbons (Fsp3) is 0.333. The summed E-state index contributed by atoms with van der Waals surface area (Å²) in [5.41, 5.74) is 3.56. The highest BCUT2D eigenvalue weighted by atomic mass is 16.2. The van der Waals surface area contributed by atoms with Crippen LogP contribution < -0.4 is 15.5 Å². The lowest BCUT2D eigenvalue weighted by Crippen LogP contribution is -3.08. The van der Waals surface area contributed by atoms with Gasteiger partial charge in [-0.15, -0.1) is 0 Å². The smallest absolute Gasteiger partial charge is 0.279 e. The van der Waals surface area contributed by atoms with Crippen LogP contribution in [0.25, 0.3) is 0 Å². The van der Waals surface area contributed by atoms with Crippen LogP contribution in [0.4, 0.5) is 5.69 Å². The molecule has 26 heavy (non-hydrogen) atoms. The molecule has 0 saturated heterocycles. The second-order valence-electron chi connectivity index (χ2n) is 7.08. The van der Waals surface area contributed by atoms with Crippen molar-refractivity contribution in [1.82, 2.24) is 5.32 Å². The molecule has 0 radical (unpaired) electrons. The molecule has 2 aromatic carbocycles. The van der Waals surface area contributed by atoms with E-state index in [0.29, 0.717) is 17.8 Å². The van der Waals surface area contributed by atoms with Crippen LogP contribution in [0.15, 0.2) is 48.5 Å². The van der Waals surface area contributed by atoms with Gasteiger partial charge < -0.3 is 15.5 Å². The van der Waals surface area contributed by atoms with Crippen molar-refractivity contribution in [3.63, 3.8) is 0 Å². The van der Waals surface area contributed by atoms with E-state index in [0.717, 1.165) is 24.3 Å². The summed E-state index contributed by atoms with van der Waals surface area (Å²) in [4.78, 5) is 25.9. The number of carbonyl (C=O) groups excluding carboxylic acids is 2. The second-order valence-corrected chi connectivity index (χ2v) is 7.08. The first-order valence-electron chi connectivity index (χ1n) is 9.08. The number of carbonyl (C=O) groups is 2. The van der Waals surface area contributed by atoms with E-state index in [1.165, 1.54) is 11.1 Å². The highest BCUT2D eigenvalue weighted by Gasteiger charge is 2.25. The minimum absolute atomic E-state index is 0.0947. The number of para-hydroxylation sites is 1. The van der Waals surface area contributed by atoms with Crippen LogP contribution in [0.1, 0.15) is 34.3 Å². The molecule has 1 fully saturated rings. The lowest BCUT2D eigenvalue weighted by Gasteiger charge is -2.16. The molecule has 5 nitrogen and oxygen atoms in total. The summed E-state index contributed by atoms with van der Waals surface area (Å²) in [6.07, 6.45) is 2.07. The Bertz CT molecular complexity index is 799. The Kier molecular flexibility index (Phi) is 5.68. The van der Waals surface area contributed by atoms with E-state index in [2.05, 4.69) is 29.7 Å². The van der Waals surface area contributed by atoms with Crippen LogP contribution in [0.3, 0.4) is 0 Å². The van der Waals surface area contributed by atoms with E-state index < -0.39 is 0 Å². The van der Waals surface area contributed by atoms with Gasteiger partial charge in [0, 0.05) is 11.6 Å². The fourth-order valence-electron chi connectivity index (χ4n) is 2.95. The summed E-state index contributed by atoms with van der Waals surface area (Å²) in [7, 11) is 2.00. The van der Waals surface area contributed by atoms with E-state index in [4.69, 9.17) is 0 Å². The number of amides is 2. The summed E-state index contributed by atoms with van der Waals surface area (Å²) in [6.45, 7) is 3.20. The molecule has 2 amide bonds. The summed E-state index contributed by atoms with van der Waals surface area (Å²) < 4.78 is 0. The Hall–Kier alpha value is -2.66. The molecule has 1 unspecified atom stereocenters. The third-order valence-electron chi connectivity index (χ3n) is 4.57. The largest absolute Gasteiger partial charge is 0.349 e. The van der Waals surface area contributed by atoms with Gasteiger partial charge in [-0.25, -0.2) is 0 Å². The minimum Gasteiger partial charge on any atom is -0.349 e. The summed E-state index contributed by atoms with van der Waals surface area (Å²) in [5, 5.41) is 5.86. The van der Waals surface area contributed by atoms with Crippen molar-refractivity contribution >= 4 is 17.5 Å². The average molecular weight is 352 g/mol. The number of hydrogen-bond acceptors (Lipinski definition) is 2. The normalized spacial score (nSPS) is 14.5. The Balaban J connectivity index is 1.59. The molecule has 1 saturated carbocycles. The maximum atomic E-state index is 12.4. The van der Waals surface area contributed by atoms with Crippen LogP contribution >= 0.6 is 0 Å². The van der Waals surface area contributed by atoms with Crippen LogP contribution in [-0.4, -0.2) is 31.4 Å². The van der Waals surface area contributed by atoms with Crippen molar-refractivity contribution in [3.05, 3.63) is 65.2 Å². The SMILES string of the molecule is Cc1ccccc1C[NH+](C)CC(=O)Nc1ccccc1C(=O)NC1CC1. The van der Waals surface area contributed by atoms with Gasteiger partial charge in [-0.2, -0.15) is 0 Å². The molecular weight excluding hydrogens is 326 g/mol. The highest BCUT2D eigenvalue weighted by molar-refractivity contribution is 6.04. The Morgan fingerprint density at radius 3 is 2.50 bits per heavy atom. The number of likely N-dealkylation sites (N-methyl/N-ethyl adjacent to an activating group) is 1. The first-order valence-corrected chi connectivity index (χ1v) is 9.08. The predicted molar refractivity (Wildman–Crippen MR) is 102 cm³/mol. The number of quaternary nitrogens is 1. The summed E-state index contributed by atoms with van der Waals surface area (Å²) in [5.74, 6) is -0.216. The van der Waals surface area contributed by atoms with E-state index in [-0.39, 0.29) is 17.9 Å². The number of nitrogens with one attached hydrogen (secondary N) is 3. The first-order chi connectivity index (χ1) is 12.5. The standard InChI is InChI=1S/C21H25N3O2/c1-15-7-3-4-8-16(15)13-24(2)14-20(25)23-19-10-6-5-9-18(19)21(26)22-17-11-12-17/h3-10,17H,11-14H2,1-2H3,(H,22,26)(H,23,25)/p+1. The number of hydrogen-bond donors (Lipinski definition) is 3. The van der Waals surface area contributed by atoms with Crippen molar-refractivity contribution in [2.75, 3.05) is 18.9 Å². The molecule has 2 aromatic rings. The van der Waals surface area contributed by atoms with Gasteiger partial charge in [0.15, 0.2) is 6.54 Å². The molecule has 1 aliphatic carbocycles. The lowest BCUT2D eigenvalue weighted by atomic mass is 10.1. The van der Waals surface area contributed by atoms with Crippen LogP contribution in [-0.2, 0) is 11.3 Å². The lowest BCUT2D eigenvalue weighted by molar-refractivity contribution is -0.885. The summed E-state index contributed by atoms with van der Waals surface area (Å²) >= 11 is 0. The van der Waals surface area contributed by atoms with Gasteiger partial charge in [-0.05, 0) is 37.5 Å². The monoisotopic (exact) mass is 352 g/mol. The van der Waals surface area contributed by atoms with Crippen molar-refractivity contribution in [3.8, 4) is 0 Å². The van der Waals surface area contributed by atoms with E-state index in [9.17, 15) is 9.59 Å². The van der Waals surface area contributed by atoms with Crippen LogP contribution in [0.5, 0.6) is 0 Å². The van der Waals surface area contributed by atoms with Gasteiger partial charge in [-0.3, -0.25) is 9.59 Å². The third kappa shape index (κ3) is 4.92. The molecule has 1 atom stereocenters. The van der Waals surface area contributed by atoms with Crippen LogP contribution in [0, 0.1) is 6.92 Å². The zero-order chi connectivity index (χ0) is 18.5. The van der Waals surface area contributed by atoms with Gasteiger partial charge in [-0.1, -0.05) is 36.4 Å². The van der Waals surface area contributed by atoms with Crippen molar-refractivity contribution in [2.24, 2.45) is 0 Å². The maximum absolute atomic E-state index is 12.4. The van der Waals surface area contributed by atoms with Gasteiger partial charge >= 0.3 is 0 Å². The Labute approximate surface area is 154 Å². The quantitative estimate of drug-likeness (QED) is 0.708. The number of rotatable bonds is 7. The van der Waals surface area contributed by atoms with Crippen molar-refractivity contribution in [1.29, 1.82) is 0 Å². The molecule has 1 aliphatic rings. The van der Waals surface area contributed by atoms with E-state index in [1.807, 2.05) is 31.3 Å². The predicted octanol–water partition coefficient (Wildman–Crippen LogP) is 1.54. The molecule has 0 heterocycles. The van der Waals surface area contributed by atoms with Gasteiger partial charge in [0.1, 0.15) is 6.54 Å². The van der Waals surface area contributed by atoms with Crippen molar-refractivity contribution in [2.45, 2.75) is 32.4 Å². The molecule has 136 valence electrons. The molecule has 3 rings (SSSR count). The van der Waals surface area contributed by atoms with Crippen molar-refractivity contribution < 1.29 is 14.5 Å². The minimum atomic E-state index is -0.121. The fourth-order valence-corrected chi connectivity index (χ4v) is 2.95. The van der Waals surface area contributed by atoms with E-state index >= 15 is 0 Å². The molecule has 0 bridgehead atoms. The number of aryl methyl sites for hydroxylation is 1. The van der Waals surface area contributed by atoms with Crippen LogP contribution in [0.2, 0.25) is 0 Å². The van der Waals surface area contributed by atoms with E-state index in [1.54, 1.807) is 12.1 Å². The third-order valence-corrected chi connectivity index (χ3v) is 4.57. The molecular formula is C21H26N3O2+. The number of benzene rings is 2.